The Labute approximate surface area is 108 Å². The fourth-order valence-electron chi connectivity index (χ4n) is 1.24. The van der Waals surface area contributed by atoms with Crippen molar-refractivity contribution in [2.45, 2.75) is 6.18 Å². The van der Waals surface area contributed by atoms with E-state index < -0.39 is 45.6 Å². The fraction of sp³-hybridized carbons (Fsp3) is 0.222. The molecule has 1 amide bonds. The van der Waals surface area contributed by atoms with Crippen molar-refractivity contribution >= 4 is 28.9 Å². The third-order valence-corrected chi connectivity index (χ3v) is 2.25. The van der Waals surface area contributed by atoms with Crippen molar-refractivity contribution in [3.63, 3.8) is 0 Å². The minimum absolute atomic E-state index is 0.276. The molecule has 0 aliphatic rings. The maximum absolute atomic E-state index is 12.6. The lowest BCUT2D eigenvalue weighted by Crippen LogP contribution is -2.15. The van der Waals surface area contributed by atoms with Gasteiger partial charge in [0.05, 0.1) is 16.7 Å². The lowest BCUT2D eigenvalue weighted by molar-refractivity contribution is -0.388. The summed E-state index contributed by atoms with van der Waals surface area (Å²) in [5.74, 6) is -2.27. The quantitative estimate of drug-likeness (QED) is 0.388. The van der Waals surface area contributed by atoms with E-state index in [1.165, 1.54) is 0 Å². The third kappa shape index (κ3) is 3.47. The first-order valence-corrected chi connectivity index (χ1v) is 5.14. The van der Waals surface area contributed by atoms with Gasteiger partial charge < -0.3 is 10.4 Å². The average molecular weight is 299 g/mol. The average Bonchev–Trinajstić information content (AvgIpc) is 2.29. The van der Waals surface area contributed by atoms with Gasteiger partial charge in [-0.2, -0.15) is 13.2 Å². The number of phenols is 1. The van der Waals surface area contributed by atoms with Crippen LogP contribution in [-0.2, 0) is 11.0 Å². The molecule has 2 N–H and O–H groups in total. The van der Waals surface area contributed by atoms with Crippen LogP contribution in [0, 0.1) is 10.1 Å². The number of rotatable bonds is 3. The number of aromatic hydroxyl groups is 1. The summed E-state index contributed by atoms with van der Waals surface area (Å²) in [6.07, 6.45) is -5.00. The first kappa shape index (κ1) is 15.0. The standard InChI is InChI=1S/C9H6ClF3N2O4/c10-3-8(17)14-5-1-4(9(11,12)13)6(15(18)19)2-7(5)16/h1-2,16H,3H2,(H,14,17). The van der Waals surface area contributed by atoms with E-state index in [9.17, 15) is 33.2 Å². The van der Waals surface area contributed by atoms with Crippen molar-refractivity contribution in [2.75, 3.05) is 11.2 Å². The number of benzene rings is 1. The SMILES string of the molecule is O=C(CCl)Nc1cc(C(F)(F)F)c([N+](=O)[O-])cc1O. The molecule has 0 fully saturated rings. The van der Waals surface area contributed by atoms with Crippen LogP contribution in [0.3, 0.4) is 0 Å². The second-order valence-corrected chi connectivity index (χ2v) is 3.59. The van der Waals surface area contributed by atoms with E-state index in [0.717, 1.165) is 0 Å². The van der Waals surface area contributed by atoms with Gasteiger partial charge in [-0.25, -0.2) is 0 Å². The molecule has 0 saturated heterocycles. The highest BCUT2D eigenvalue weighted by Gasteiger charge is 2.39. The molecule has 0 unspecified atom stereocenters. The van der Waals surface area contributed by atoms with Crippen molar-refractivity contribution < 1.29 is 28.0 Å². The van der Waals surface area contributed by atoms with Crippen molar-refractivity contribution in [3.05, 3.63) is 27.8 Å². The van der Waals surface area contributed by atoms with Crippen LogP contribution in [0.5, 0.6) is 5.75 Å². The number of nitro benzene ring substituents is 1. The highest BCUT2D eigenvalue weighted by molar-refractivity contribution is 6.29. The zero-order valence-electron chi connectivity index (χ0n) is 8.99. The Morgan fingerprint density at radius 2 is 2.05 bits per heavy atom. The van der Waals surface area contributed by atoms with Gasteiger partial charge in [-0.1, -0.05) is 0 Å². The van der Waals surface area contributed by atoms with E-state index in [4.69, 9.17) is 11.6 Å². The molecule has 0 aliphatic heterocycles. The Morgan fingerprint density at radius 3 is 2.47 bits per heavy atom. The molecular weight excluding hydrogens is 293 g/mol. The summed E-state index contributed by atoms with van der Waals surface area (Å²) < 4.78 is 37.8. The molecular formula is C9H6ClF3N2O4. The Kier molecular flexibility index (Phi) is 4.20. The second-order valence-electron chi connectivity index (χ2n) is 3.32. The summed E-state index contributed by atoms with van der Waals surface area (Å²) in [6, 6.07) is 0.588. The number of hydrogen-bond donors (Lipinski definition) is 2. The Morgan fingerprint density at radius 1 is 1.47 bits per heavy atom. The third-order valence-electron chi connectivity index (χ3n) is 2.01. The van der Waals surface area contributed by atoms with Crippen molar-refractivity contribution in [2.24, 2.45) is 0 Å². The van der Waals surface area contributed by atoms with Gasteiger partial charge in [0, 0.05) is 0 Å². The number of anilines is 1. The summed E-state index contributed by atoms with van der Waals surface area (Å²) in [5.41, 5.74) is -3.50. The van der Waals surface area contributed by atoms with Gasteiger partial charge in [-0.15, -0.1) is 11.6 Å². The lowest BCUT2D eigenvalue weighted by Gasteiger charge is -2.11. The van der Waals surface area contributed by atoms with Crippen LogP contribution in [0.1, 0.15) is 5.56 Å². The number of alkyl halides is 4. The maximum atomic E-state index is 12.6. The van der Waals surface area contributed by atoms with Crippen molar-refractivity contribution in [3.8, 4) is 5.75 Å². The van der Waals surface area contributed by atoms with Crippen LogP contribution in [0.15, 0.2) is 12.1 Å². The van der Waals surface area contributed by atoms with Gasteiger partial charge in [-0.05, 0) is 6.07 Å². The molecule has 19 heavy (non-hydrogen) atoms. The molecule has 10 heteroatoms. The Balaban J connectivity index is 3.38. The predicted octanol–water partition coefficient (Wildman–Crippen LogP) is 2.50. The molecule has 0 atom stereocenters. The number of nitrogens with zero attached hydrogens (tertiary/aromatic N) is 1. The van der Waals surface area contributed by atoms with Crippen LogP contribution in [-0.4, -0.2) is 21.8 Å². The van der Waals surface area contributed by atoms with Gasteiger partial charge in [0.25, 0.3) is 5.69 Å². The molecule has 1 aromatic carbocycles. The fourth-order valence-corrected chi connectivity index (χ4v) is 1.31. The molecule has 1 rings (SSSR count). The molecule has 0 radical (unpaired) electrons. The second kappa shape index (κ2) is 5.31. The molecule has 1 aromatic rings. The molecule has 0 aliphatic carbocycles. The van der Waals surface area contributed by atoms with Gasteiger partial charge in [-0.3, -0.25) is 14.9 Å². The highest BCUT2D eigenvalue weighted by Crippen LogP contribution is 2.41. The van der Waals surface area contributed by atoms with Crippen LogP contribution >= 0.6 is 11.6 Å². The Bertz CT molecular complexity index is 533. The molecule has 0 heterocycles. The van der Waals surface area contributed by atoms with Crippen LogP contribution in [0.25, 0.3) is 0 Å². The van der Waals surface area contributed by atoms with E-state index in [1.807, 2.05) is 5.32 Å². The normalized spacial score (nSPS) is 11.2. The van der Waals surface area contributed by atoms with E-state index >= 15 is 0 Å². The molecule has 0 bridgehead atoms. The summed E-state index contributed by atoms with van der Waals surface area (Å²) in [6.45, 7) is 0. The highest BCUT2D eigenvalue weighted by atomic mass is 35.5. The smallest absolute Gasteiger partial charge is 0.423 e. The summed E-state index contributed by atoms with van der Waals surface area (Å²) in [4.78, 5) is 20.2. The summed E-state index contributed by atoms with van der Waals surface area (Å²) >= 11 is 5.14. The predicted molar refractivity (Wildman–Crippen MR) is 59.1 cm³/mol. The number of halogens is 4. The summed E-state index contributed by atoms with van der Waals surface area (Å²) in [7, 11) is 0. The van der Waals surface area contributed by atoms with Crippen LogP contribution in [0.4, 0.5) is 24.5 Å². The van der Waals surface area contributed by atoms with Crippen molar-refractivity contribution in [1.29, 1.82) is 0 Å². The molecule has 0 saturated carbocycles. The van der Waals surface area contributed by atoms with E-state index in [1.54, 1.807) is 0 Å². The number of carbonyl (C=O) groups is 1. The first-order valence-electron chi connectivity index (χ1n) is 4.61. The lowest BCUT2D eigenvalue weighted by atomic mass is 10.1. The molecule has 0 spiro atoms. The number of nitro groups is 1. The van der Waals surface area contributed by atoms with Gasteiger partial charge in [0.1, 0.15) is 17.2 Å². The number of amides is 1. The van der Waals surface area contributed by atoms with Crippen molar-refractivity contribution in [1.82, 2.24) is 0 Å². The number of nitrogens with one attached hydrogen (secondary N) is 1. The van der Waals surface area contributed by atoms with Crippen LogP contribution in [0.2, 0.25) is 0 Å². The monoisotopic (exact) mass is 298 g/mol. The minimum atomic E-state index is -5.00. The van der Waals surface area contributed by atoms with Gasteiger partial charge in [0.2, 0.25) is 5.91 Å². The number of hydrogen-bond acceptors (Lipinski definition) is 4. The van der Waals surface area contributed by atoms with Crippen LogP contribution < -0.4 is 5.32 Å². The van der Waals surface area contributed by atoms with E-state index in [-0.39, 0.29) is 6.07 Å². The largest absolute Gasteiger partial charge is 0.506 e. The Hall–Kier alpha value is -2.03. The van der Waals surface area contributed by atoms with E-state index in [0.29, 0.717) is 6.07 Å². The van der Waals surface area contributed by atoms with Gasteiger partial charge >= 0.3 is 6.18 Å². The van der Waals surface area contributed by atoms with E-state index in [2.05, 4.69) is 0 Å². The molecule has 0 aromatic heterocycles. The number of phenolic OH excluding ortho intramolecular Hbond substituents is 1. The summed E-state index contributed by atoms with van der Waals surface area (Å²) in [5, 5.41) is 21.7. The number of carbonyl (C=O) groups excluding carboxylic acids is 1. The zero-order valence-corrected chi connectivity index (χ0v) is 9.75. The molecule has 104 valence electrons. The minimum Gasteiger partial charge on any atom is -0.506 e. The first-order chi connectivity index (χ1) is 8.66. The topological polar surface area (TPSA) is 92.5 Å². The molecule has 6 nitrogen and oxygen atoms in total. The van der Waals surface area contributed by atoms with Gasteiger partial charge in [0.15, 0.2) is 0 Å². The zero-order chi connectivity index (χ0) is 14.8. The maximum Gasteiger partial charge on any atom is 0.423 e.